The summed E-state index contributed by atoms with van der Waals surface area (Å²) in [7, 11) is 0. The molecule has 0 fully saturated rings. The molecule has 1 unspecified atom stereocenters. The molecule has 2 aliphatic rings. The Bertz CT molecular complexity index is 890. The summed E-state index contributed by atoms with van der Waals surface area (Å²) in [6, 6.07) is 15.7. The molecule has 0 N–H and O–H groups in total. The quantitative estimate of drug-likeness (QED) is 0.566. The minimum Gasteiger partial charge on any atom is -0.0764 e. The number of aryl methyl sites for hydroxylation is 1. The Morgan fingerprint density at radius 2 is 1.92 bits per heavy atom. The first kappa shape index (κ1) is 16.1. The molecule has 2 aliphatic carbocycles. The van der Waals surface area contributed by atoms with E-state index in [1.165, 1.54) is 45.4 Å². The second-order valence-electron chi connectivity index (χ2n) is 7.79. The van der Waals surface area contributed by atoms with E-state index in [9.17, 15) is 0 Å². The highest BCUT2D eigenvalue weighted by Crippen LogP contribution is 2.39. The third-order valence-electron chi connectivity index (χ3n) is 5.42. The smallest absolute Gasteiger partial charge is 0.00298 e. The van der Waals surface area contributed by atoms with Gasteiger partial charge in [-0.1, -0.05) is 80.6 Å². The summed E-state index contributed by atoms with van der Waals surface area (Å²) in [5.74, 6) is 1.31. The average Bonchev–Trinajstić information content (AvgIpc) is 3.22. The molecule has 25 heavy (non-hydrogen) atoms. The standard InChI is InChI=1S/C25H26/c1-17(2)14-22-12-9-19-8-10-21(16-25(19)22)20-11-13-23(15-20)24-7-5-4-6-18(24)3/h4-10,12-13,15-17,22H,11,14H2,1-3H3. The van der Waals surface area contributed by atoms with E-state index in [1.54, 1.807) is 0 Å². The van der Waals surface area contributed by atoms with E-state index < -0.39 is 0 Å². The highest BCUT2D eigenvalue weighted by Gasteiger charge is 2.20. The lowest BCUT2D eigenvalue weighted by atomic mass is 9.89. The van der Waals surface area contributed by atoms with E-state index in [0.29, 0.717) is 5.92 Å². The molecule has 2 aromatic carbocycles. The molecule has 0 radical (unpaired) electrons. The van der Waals surface area contributed by atoms with Gasteiger partial charge in [-0.2, -0.15) is 0 Å². The van der Waals surface area contributed by atoms with Crippen LogP contribution in [0.1, 0.15) is 60.4 Å². The van der Waals surface area contributed by atoms with Crippen molar-refractivity contribution in [3.8, 4) is 0 Å². The second-order valence-corrected chi connectivity index (χ2v) is 7.79. The Morgan fingerprint density at radius 1 is 1.08 bits per heavy atom. The molecule has 0 saturated carbocycles. The van der Waals surface area contributed by atoms with Crippen LogP contribution in [0.25, 0.3) is 17.2 Å². The zero-order valence-electron chi connectivity index (χ0n) is 15.4. The van der Waals surface area contributed by atoms with Gasteiger partial charge in [-0.3, -0.25) is 0 Å². The summed E-state index contributed by atoms with van der Waals surface area (Å²) < 4.78 is 0. The predicted octanol–water partition coefficient (Wildman–Crippen LogP) is 7.02. The summed E-state index contributed by atoms with van der Waals surface area (Å²) in [6.45, 7) is 6.82. The zero-order valence-corrected chi connectivity index (χ0v) is 15.4. The maximum Gasteiger partial charge on any atom is 0.00298 e. The molecule has 0 saturated heterocycles. The molecule has 0 spiro atoms. The van der Waals surface area contributed by atoms with Gasteiger partial charge in [-0.15, -0.1) is 0 Å². The van der Waals surface area contributed by atoms with Gasteiger partial charge in [0.05, 0.1) is 0 Å². The Morgan fingerprint density at radius 3 is 2.72 bits per heavy atom. The van der Waals surface area contributed by atoms with Crippen LogP contribution in [0.3, 0.4) is 0 Å². The minimum absolute atomic E-state index is 0.584. The monoisotopic (exact) mass is 326 g/mol. The molecular weight excluding hydrogens is 300 g/mol. The van der Waals surface area contributed by atoms with Crippen LogP contribution in [-0.4, -0.2) is 0 Å². The second kappa shape index (κ2) is 6.52. The van der Waals surface area contributed by atoms with E-state index in [-0.39, 0.29) is 0 Å². The van der Waals surface area contributed by atoms with E-state index in [0.717, 1.165) is 12.3 Å². The van der Waals surface area contributed by atoms with E-state index in [1.807, 2.05) is 0 Å². The van der Waals surface area contributed by atoms with Crippen LogP contribution in [0.5, 0.6) is 0 Å². The molecule has 2 aromatic rings. The third-order valence-corrected chi connectivity index (χ3v) is 5.42. The van der Waals surface area contributed by atoms with Gasteiger partial charge in [-0.25, -0.2) is 0 Å². The molecular formula is C25H26. The third kappa shape index (κ3) is 3.14. The maximum atomic E-state index is 2.43. The van der Waals surface area contributed by atoms with Gasteiger partial charge in [0.25, 0.3) is 0 Å². The Kier molecular flexibility index (Phi) is 4.21. The fourth-order valence-corrected chi connectivity index (χ4v) is 4.10. The van der Waals surface area contributed by atoms with E-state index in [2.05, 4.69) is 87.5 Å². The van der Waals surface area contributed by atoms with Crippen molar-refractivity contribution in [1.29, 1.82) is 0 Å². The molecule has 0 amide bonds. The fraction of sp³-hybridized carbons (Fsp3) is 0.280. The fourth-order valence-electron chi connectivity index (χ4n) is 4.10. The Labute approximate surface area is 151 Å². The molecule has 0 nitrogen and oxygen atoms in total. The van der Waals surface area contributed by atoms with Crippen molar-refractivity contribution in [2.75, 3.05) is 0 Å². The van der Waals surface area contributed by atoms with Gasteiger partial charge in [-0.05, 0) is 64.6 Å². The topological polar surface area (TPSA) is 0 Å². The van der Waals surface area contributed by atoms with Crippen molar-refractivity contribution in [3.63, 3.8) is 0 Å². The highest BCUT2D eigenvalue weighted by atomic mass is 14.2. The molecule has 1 atom stereocenters. The first-order valence-electron chi connectivity index (χ1n) is 9.41. The lowest BCUT2D eigenvalue weighted by Crippen LogP contribution is -1.99. The SMILES string of the molecule is Cc1ccccc1C1=CCC(c2ccc3c(c2)C(CC(C)C)C=C3)=C1. The van der Waals surface area contributed by atoms with Crippen molar-refractivity contribution in [2.45, 2.75) is 39.5 Å². The average molecular weight is 326 g/mol. The molecule has 0 heterocycles. The van der Waals surface area contributed by atoms with Gasteiger partial charge in [0.15, 0.2) is 0 Å². The zero-order chi connectivity index (χ0) is 17.4. The largest absolute Gasteiger partial charge is 0.0764 e. The summed E-state index contributed by atoms with van der Waals surface area (Å²) in [5, 5.41) is 0. The number of fused-ring (bicyclic) bond motifs is 1. The number of hydrogen-bond donors (Lipinski definition) is 0. The van der Waals surface area contributed by atoms with Crippen LogP contribution in [0.15, 0.2) is 60.7 Å². The highest BCUT2D eigenvalue weighted by molar-refractivity contribution is 5.90. The van der Waals surface area contributed by atoms with Crippen LogP contribution < -0.4 is 0 Å². The summed E-state index contributed by atoms with van der Waals surface area (Å²) >= 11 is 0. The first-order chi connectivity index (χ1) is 12.1. The van der Waals surface area contributed by atoms with Crippen LogP contribution in [0.4, 0.5) is 0 Å². The summed E-state index contributed by atoms with van der Waals surface area (Å²) in [6.07, 6.45) is 11.7. The number of rotatable bonds is 4. The number of hydrogen-bond acceptors (Lipinski definition) is 0. The first-order valence-corrected chi connectivity index (χ1v) is 9.41. The van der Waals surface area contributed by atoms with Crippen LogP contribution in [0.2, 0.25) is 0 Å². The normalized spacial score (nSPS) is 18.5. The molecule has 0 aromatic heterocycles. The van der Waals surface area contributed by atoms with Crippen LogP contribution in [-0.2, 0) is 0 Å². The maximum absolute atomic E-state index is 2.43. The molecule has 0 aliphatic heterocycles. The molecule has 0 heteroatoms. The van der Waals surface area contributed by atoms with Gasteiger partial charge in [0.2, 0.25) is 0 Å². The minimum atomic E-state index is 0.584. The van der Waals surface area contributed by atoms with Crippen molar-refractivity contribution >= 4 is 17.2 Å². The van der Waals surface area contributed by atoms with Crippen molar-refractivity contribution in [1.82, 2.24) is 0 Å². The molecule has 4 rings (SSSR count). The van der Waals surface area contributed by atoms with E-state index in [4.69, 9.17) is 0 Å². The summed E-state index contributed by atoms with van der Waals surface area (Å²) in [4.78, 5) is 0. The molecule has 126 valence electrons. The van der Waals surface area contributed by atoms with Crippen molar-refractivity contribution < 1.29 is 0 Å². The van der Waals surface area contributed by atoms with Gasteiger partial charge < -0.3 is 0 Å². The van der Waals surface area contributed by atoms with E-state index >= 15 is 0 Å². The van der Waals surface area contributed by atoms with Gasteiger partial charge in [0, 0.05) is 5.92 Å². The van der Waals surface area contributed by atoms with Gasteiger partial charge >= 0.3 is 0 Å². The lowest BCUT2D eigenvalue weighted by molar-refractivity contribution is 0.553. The van der Waals surface area contributed by atoms with Crippen LogP contribution in [0, 0.1) is 12.8 Å². The number of benzene rings is 2. The van der Waals surface area contributed by atoms with Crippen molar-refractivity contribution in [2.24, 2.45) is 5.92 Å². The molecule has 0 bridgehead atoms. The number of allylic oxidation sites excluding steroid dienone is 5. The Balaban J connectivity index is 1.62. The van der Waals surface area contributed by atoms with Crippen LogP contribution >= 0.6 is 0 Å². The van der Waals surface area contributed by atoms with Gasteiger partial charge in [0.1, 0.15) is 0 Å². The Hall–Kier alpha value is -2.34. The predicted molar refractivity (Wildman–Crippen MR) is 109 cm³/mol. The summed E-state index contributed by atoms with van der Waals surface area (Å²) in [5.41, 5.74) is 9.81. The lowest BCUT2D eigenvalue weighted by Gasteiger charge is -2.15. The van der Waals surface area contributed by atoms with Crippen molar-refractivity contribution in [3.05, 3.63) is 88.5 Å².